The van der Waals surface area contributed by atoms with E-state index in [4.69, 9.17) is 16.3 Å². The molecule has 0 bridgehead atoms. The number of benzene rings is 1. The SMILES string of the molecule is O=C(Cl)c1cccnc1C(=O)Oc1ccccc1. The zero-order valence-corrected chi connectivity index (χ0v) is 9.92. The quantitative estimate of drug-likeness (QED) is 0.484. The summed E-state index contributed by atoms with van der Waals surface area (Å²) in [7, 11) is 0. The van der Waals surface area contributed by atoms with Gasteiger partial charge in [-0.25, -0.2) is 9.78 Å². The number of aromatic nitrogens is 1. The smallest absolute Gasteiger partial charge is 0.363 e. The zero-order chi connectivity index (χ0) is 13.0. The van der Waals surface area contributed by atoms with Gasteiger partial charge < -0.3 is 4.74 Å². The van der Waals surface area contributed by atoms with Crippen LogP contribution in [0, 0.1) is 0 Å². The maximum atomic E-state index is 11.8. The molecular weight excluding hydrogens is 254 g/mol. The van der Waals surface area contributed by atoms with Crippen molar-refractivity contribution in [3.63, 3.8) is 0 Å². The molecule has 0 N–H and O–H groups in total. The third-order valence-corrected chi connectivity index (χ3v) is 2.37. The van der Waals surface area contributed by atoms with Gasteiger partial charge in [-0.1, -0.05) is 18.2 Å². The highest BCUT2D eigenvalue weighted by molar-refractivity contribution is 6.68. The molecule has 1 aromatic heterocycles. The first-order valence-corrected chi connectivity index (χ1v) is 5.48. The van der Waals surface area contributed by atoms with Crippen LogP contribution in [0.1, 0.15) is 20.8 Å². The van der Waals surface area contributed by atoms with Crippen LogP contribution in [0.3, 0.4) is 0 Å². The Morgan fingerprint density at radius 2 is 1.78 bits per heavy atom. The molecule has 0 fully saturated rings. The van der Waals surface area contributed by atoms with E-state index in [2.05, 4.69) is 4.98 Å². The van der Waals surface area contributed by atoms with Gasteiger partial charge in [0.15, 0.2) is 5.69 Å². The molecule has 0 amide bonds. The number of nitrogens with zero attached hydrogens (tertiary/aromatic N) is 1. The van der Waals surface area contributed by atoms with Crippen molar-refractivity contribution in [2.24, 2.45) is 0 Å². The maximum Gasteiger partial charge on any atom is 0.363 e. The molecule has 1 aromatic carbocycles. The standard InChI is InChI=1S/C13H8ClNO3/c14-12(16)10-7-4-8-15-11(10)13(17)18-9-5-2-1-3-6-9/h1-8H. The van der Waals surface area contributed by atoms with Crippen molar-refractivity contribution in [2.45, 2.75) is 0 Å². The van der Waals surface area contributed by atoms with E-state index < -0.39 is 11.2 Å². The van der Waals surface area contributed by atoms with Gasteiger partial charge in [0.25, 0.3) is 5.24 Å². The predicted octanol–water partition coefficient (Wildman–Crippen LogP) is 2.68. The van der Waals surface area contributed by atoms with Crippen molar-refractivity contribution in [2.75, 3.05) is 0 Å². The molecule has 90 valence electrons. The first-order valence-electron chi connectivity index (χ1n) is 5.10. The first-order chi connectivity index (χ1) is 8.68. The molecule has 2 aromatic rings. The average molecular weight is 262 g/mol. The second-order valence-corrected chi connectivity index (χ2v) is 3.72. The largest absolute Gasteiger partial charge is 0.422 e. The highest BCUT2D eigenvalue weighted by Crippen LogP contribution is 2.14. The summed E-state index contributed by atoms with van der Waals surface area (Å²) in [5, 5.41) is -0.747. The molecule has 2 rings (SSSR count). The fourth-order valence-electron chi connectivity index (χ4n) is 1.37. The monoisotopic (exact) mass is 261 g/mol. The second kappa shape index (κ2) is 5.42. The van der Waals surface area contributed by atoms with Crippen molar-refractivity contribution < 1.29 is 14.3 Å². The summed E-state index contributed by atoms with van der Waals surface area (Å²) in [4.78, 5) is 26.8. The van der Waals surface area contributed by atoms with Crippen LogP contribution in [0.2, 0.25) is 0 Å². The highest BCUT2D eigenvalue weighted by atomic mass is 35.5. The van der Waals surface area contributed by atoms with Crippen molar-refractivity contribution in [1.29, 1.82) is 0 Å². The number of hydrogen-bond acceptors (Lipinski definition) is 4. The Kier molecular flexibility index (Phi) is 3.69. The molecule has 0 aliphatic heterocycles. The molecule has 0 spiro atoms. The van der Waals surface area contributed by atoms with E-state index in [0.717, 1.165) is 0 Å². The summed E-state index contributed by atoms with van der Waals surface area (Å²) in [5.74, 6) is -0.341. The lowest BCUT2D eigenvalue weighted by Gasteiger charge is -2.05. The number of hydrogen-bond donors (Lipinski definition) is 0. The molecule has 4 nitrogen and oxygen atoms in total. The topological polar surface area (TPSA) is 56.3 Å². The lowest BCUT2D eigenvalue weighted by molar-refractivity contribution is 0.0725. The number of halogens is 1. The summed E-state index contributed by atoms with van der Waals surface area (Å²) >= 11 is 5.37. The van der Waals surface area contributed by atoms with Crippen molar-refractivity contribution in [1.82, 2.24) is 4.98 Å². The van der Waals surface area contributed by atoms with Crippen LogP contribution in [-0.2, 0) is 0 Å². The van der Waals surface area contributed by atoms with Crippen LogP contribution in [-0.4, -0.2) is 16.2 Å². The average Bonchev–Trinajstić information content (AvgIpc) is 2.40. The molecule has 0 unspecified atom stereocenters. The molecule has 0 aliphatic rings. The van der Waals surface area contributed by atoms with Crippen molar-refractivity contribution in [3.05, 3.63) is 59.9 Å². The van der Waals surface area contributed by atoms with Gasteiger partial charge >= 0.3 is 5.97 Å². The summed E-state index contributed by atoms with van der Waals surface area (Å²) in [6.07, 6.45) is 1.39. The van der Waals surface area contributed by atoms with Gasteiger partial charge in [-0.05, 0) is 35.9 Å². The second-order valence-electron chi connectivity index (χ2n) is 3.38. The van der Waals surface area contributed by atoms with Gasteiger partial charge in [0.1, 0.15) is 5.75 Å². The summed E-state index contributed by atoms with van der Waals surface area (Å²) in [6, 6.07) is 11.5. The fraction of sp³-hybridized carbons (Fsp3) is 0. The van der Waals surface area contributed by atoms with Gasteiger partial charge in [-0.15, -0.1) is 0 Å². The van der Waals surface area contributed by atoms with Crippen molar-refractivity contribution >= 4 is 22.8 Å². The number of carbonyl (C=O) groups is 2. The molecule has 18 heavy (non-hydrogen) atoms. The number of para-hydroxylation sites is 1. The molecule has 0 radical (unpaired) electrons. The van der Waals surface area contributed by atoms with E-state index in [0.29, 0.717) is 5.75 Å². The van der Waals surface area contributed by atoms with Crippen LogP contribution >= 0.6 is 11.6 Å². The number of esters is 1. The molecule has 1 heterocycles. The van der Waals surface area contributed by atoms with Gasteiger partial charge in [-0.3, -0.25) is 4.79 Å². The Bertz CT molecular complexity index is 584. The Labute approximate surface area is 108 Å². The minimum absolute atomic E-state index is 0.0279. The number of carbonyl (C=O) groups excluding carboxylic acids is 2. The van der Waals surface area contributed by atoms with Gasteiger partial charge in [0.05, 0.1) is 5.56 Å². The van der Waals surface area contributed by atoms with E-state index in [1.54, 1.807) is 30.3 Å². The fourth-order valence-corrected chi connectivity index (χ4v) is 1.52. The first kappa shape index (κ1) is 12.3. The Morgan fingerprint density at radius 1 is 1.06 bits per heavy atom. The van der Waals surface area contributed by atoms with Gasteiger partial charge in [-0.2, -0.15) is 0 Å². The third-order valence-electron chi connectivity index (χ3n) is 2.17. The van der Waals surface area contributed by atoms with Gasteiger partial charge in [0, 0.05) is 6.20 Å². The number of ether oxygens (including phenoxy) is 1. The van der Waals surface area contributed by atoms with Crippen LogP contribution in [0.5, 0.6) is 5.75 Å². The normalized spacial score (nSPS) is 9.83. The third kappa shape index (κ3) is 2.73. The summed E-state index contributed by atoms with van der Waals surface area (Å²) in [6.45, 7) is 0. The Balaban J connectivity index is 2.27. The molecule has 0 saturated heterocycles. The van der Waals surface area contributed by atoms with E-state index in [1.807, 2.05) is 0 Å². The maximum absolute atomic E-state index is 11.8. The Morgan fingerprint density at radius 3 is 2.44 bits per heavy atom. The summed E-state index contributed by atoms with van der Waals surface area (Å²) in [5.41, 5.74) is -0.0681. The molecule has 5 heteroatoms. The molecular formula is C13H8ClNO3. The molecule has 0 aliphatic carbocycles. The van der Waals surface area contributed by atoms with Crippen LogP contribution in [0.15, 0.2) is 48.7 Å². The van der Waals surface area contributed by atoms with E-state index in [1.165, 1.54) is 18.3 Å². The highest BCUT2D eigenvalue weighted by Gasteiger charge is 2.18. The summed E-state index contributed by atoms with van der Waals surface area (Å²) < 4.78 is 5.08. The predicted molar refractivity (Wildman–Crippen MR) is 65.8 cm³/mol. The minimum atomic E-state index is -0.747. The van der Waals surface area contributed by atoms with E-state index >= 15 is 0 Å². The lowest BCUT2D eigenvalue weighted by atomic mass is 10.2. The molecule has 0 atom stereocenters. The van der Waals surface area contributed by atoms with Crippen LogP contribution in [0.4, 0.5) is 0 Å². The Hall–Kier alpha value is -2.20. The number of pyridine rings is 1. The minimum Gasteiger partial charge on any atom is -0.422 e. The van der Waals surface area contributed by atoms with Crippen LogP contribution in [0.25, 0.3) is 0 Å². The molecule has 0 saturated carbocycles. The van der Waals surface area contributed by atoms with Crippen LogP contribution < -0.4 is 4.74 Å². The van der Waals surface area contributed by atoms with E-state index in [-0.39, 0.29) is 11.3 Å². The zero-order valence-electron chi connectivity index (χ0n) is 9.17. The van der Waals surface area contributed by atoms with Gasteiger partial charge in [0.2, 0.25) is 0 Å². The lowest BCUT2D eigenvalue weighted by Crippen LogP contribution is -2.14. The number of rotatable bonds is 3. The van der Waals surface area contributed by atoms with Crippen molar-refractivity contribution in [3.8, 4) is 5.75 Å². The van der Waals surface area contributed by atoms with E-state index in [9.17, 15) is 9.59 Å².